The van der Waals surface area contributed by atoms with Crippen molar-refractivity contribution in [3.8, 4) is 5.75 Å². The third-order valence-electron chi connectivity index (χ3n) is 6.10. The Morgan fingerprint density at radius 2 is 1.72 bits per heavy atom. The molecule has 0 spiro atoms. The van der Waals surface area contributed by atoms with Crippen molar-refractivity contribution in [1.82, 2.24) is 10.3 Å². The van der Waals surface area contributed by atoms with Crippen LogP contribution in [0, 0.1) is 11.6 Å². The number of piperidine rings is 1. The van der Waals surface area contributed by atoms with Crippen molar-refractivity contribution >= 4 is 17.5 Å². The van der Waals surface area contributed by atoms with Gasteiger partial charge in [0.2, 0.25) is 5.91 Å². The molecule has 2 aliphatic rings. The van der Waals surface area contributed by atoms with E-state index >= 15 is 0 Å². The first-order valence-electron chi connectivity index (χ1n) is 11.3. The third kappa shape index (κ3) is 5.11. The lowest BCUT2D eigenvalue weighted by atomic mass is 10.1. The number of amides is 1. The Kier molecular flexibility index (Phi) is 6.77. The van der Waals surface area contributed by atoms with E-state index in [9.17, 15) is 13.6 Å². The van der Waals surface area contributed by atoms with Gasteiger partial charge in [0, 0.05) is 39.0 Å². The second kappa shape index (κ2) is 9.71. The minimum absolute atomic E-state index is 0.0750. The maximum atomic E-state index is 14.6. The lowest BCUT2D eigenvalue weighted by Crippen LogP contribution is -2.32. The summed E-state index contributed by atoms with van der Waals surface area (Å²) >= 11 is 0. The summed E-state index contributed by atoms with van der Waals surface area (Å²) in [5.41, 5.74) is 0.989. The highest BCUT2D eigenvalue weighted by Crippen LogP contribution is 2.30. The molecule has 3 heterocycles. The fraction of sp³-hybridized carbons (Fsp3) is 0.500. The van der Waals surface area contributed by atoms with E-state index in [0.29, 0.717) is 13.1 Å². The zero-order valence-electron chi connectivity index (χ0n) is 18.6. The van der Waals surface area contributed by atoms with E-state index in [1.807, 2.05) is 41.0 Å². The number of nitrogens with zero attached hydrogens (tertiary/aromatic N) is 3. The topological polar surface area (TPSA) is 57.7 Å². The molecule has 1 aromatic carbocycles. The smallest absolute Gasteiger partial charge is 0.217 e. The second-order valence-corrected chi connectivity index (χ2v) is 8.61. The van der Waals surface area contributed by atoms with Gasteiger partial charge in [-0.2, -0.15) is 0 Å². The molecule has 2 saturated heterocycles. The molecule has 0 unspecified atom stereocenters. The van der Waals surface area contributed by atoms with Crippen LogP contribution in [-0.4, -0.2) is 43.2 Å². The summed E-state index contributed by atoms with van der Waals surface area (Å²) in [4.78, 5) is 19.4. The molecule has 172 valence electrons. The number of carbonyl (C=O) groups is 1. The predicted molar refractivity (Wildman–Crippen MR) is 120 cm³/mol. The number of aromatic nitrogens is 1. The first-order valence-corrected chi connectivity index (χ1v) is 11.3. The van der Waals surface area contributed by atoms with Gasteiger partial charge in [0.1, 0.15) is 11.9 Å². The summed E-state index contributed by atoms with van der Waals surface area (Å²) in [6, 6.07) is 8.48. The van der Waals surface area contributed by atoms with Crippen LogP contribution in [0.2, 0.25) is 0 Å². The summed E-state index contributed by atoms with van der Waals surface area (Å²) in [6.07, 6.45) is 3.73. The van der Waals surface area contributed by atoms with Gasteiger partial charge in [-0.15, -0.1) is 0 Å². The maximum Gasteiger partial charge on any atom is 0.217 e. The van der Waals surface area contributed by atoms with Gasteiger partial charge in [0.05, 0.1) is 12.6 Å². The molecule has 1 N–H and O–H groups in total. The average molecular weight is 445 g/mol. The number of rotatable bonds is 6. The maximum absolute atomic E-state index is 14.6. The zero-order valence-corrected chi connectivity index (χ0v) is 18.6. The predicted octanol–water partition coefficient (Wildman–Crippen LogP) is 4.20. The first kappa shape index (κ1) is 22.3. The second-order valence-electron chi connectivity index (χ2n) is 8.61. The van der Waals surface area contributed by atoms with E-state index in [2.05, 4.69) is 10.3 Å². The standard InChI is InChI=1S/C24H30F2N4O2/c1-16(27-17(2)31)18-6-8-19(9-7-18)32-20-10-13-30(15-20)24-22(26)14-21(25)23(28-24)29-11-4-3-5-12-29/h6-9,14,16,20H,3-5,10-13,15H2,1-2H3,(H,27,31)/t16-,20+/m0/s1. The van der Waals surface area contributed by atoms with Gasteiger partial charge in [-0.3, -0.25) is 4.79 Å². The quantitative estimate of drug-likeness (QED) is 0.724. The van der Waals surface area contributed by atoms with Crippen LogP contribution in [0.25, 0.3) is 0 Å². The van der Waals surface area contributed by atoms with Gasteiger partial charge in [0.15, 0.2) is 23.3 Å². The van der Waals surface area contributed by atoms with Gasteiger partial charge in [-0.05, 0) is 43.9 Å². The number of halogens is 2. The Hall–Kier alpha value is -2.90. The Balaban J connectivity index is 1.41. The fourth-order valence-electron chi connectivity index (χ4n) is 4.43. The summed E-state index contributed by atoms with van der Waals surface area (Å²) in [5.74, 6) is -0.160. The molecule has 1 amide bonds. The lowest BCUT2D eigenvalue weighted by molar-refractivity contribution is -0.119. The van der Waals surface area contributed by atoms with Gasteiger partial charge >= 0.3 is 0 Å². The fourth-order valence-corrected chi connectivity index (χ4v) is 4.43. The highest BCUT2D eigenvalue weighted by atomic mass is 19.1. The normalized spacial score (nSPS) is 19.7. The minimum Gasteiger partial charge on any atom is -0.489 e. The van der Waals surface area contributed by atoms with Crippen molar-refractivity contribution in [1.29, 1.82) is 0 Å². The number of anilines is 2. The van der Waals surface area contributed by atoms with Crippen molar-refractivity contribution in [2.24, 2.45) is 0 Å². The van der Waals surface area contributed by atoms with Gasteiger partial charge in [-0.1, -0.05) is 12.1 Å². The van der Waals surface area contributed by atoms with E-state index < -0.39 is 11.6 Å². The zero-order chi connectivity index (χ0) is 22.7. The van der Waals surface area contributed by atoms with Crippen molar-refractivity contribution in [3.63, 3.8) is 0 Å². The highest BCUT2D eigenvalue weighted by molar-refractivity contribution is 5.73. The summed E-state index contributed by atoms with van der Waals surface area (Å²) in [5, 5.41) is 2.85. The average Bonchev–Trinajstić information content (AvgIpc) is 3.22. The molecule has 1 aromatic heterocycles. The molecule has 2 atom stereocenters. The molecule has 0 aliphatic carbocycles. The van der Waals surface area contributed by atoms with Crippen LogP contribution in [0.15, 0.2) is 30.3 Å². The molecule has 8 heteroatoms. The van der Waals surface area contributed by atoms with Gasteiger partial charge in [0.25, 0.3) is 0 Å². The SMILES string of the molecule is CC(=O)N[C@@H](C)c1ccc(O[C@@H]2CCN(c3nc(N4CCCCC4)c(F)cc3F)C2)cc1. The van der Waals surface area contributed by atoms with Crippen LogP contribution < -0.4 is 19.9 Å². The third-order valence-corrected chi connectivity index (χ3v) is 6.10. The first-order chi connectivity index (χ1) is 15.4. The van der Waals surface area contributed by atoms with Crippen LogP contribution in [0.1, 0.15) is 51.1 Å². The van der Waals surface area contributed by atoms with Crippen molar-refractivity contribution < 1.29 is 18.3 Å². The van der Waals surface area contributed by atoms with Crippen molar-refractivity contribution in [3.05, 3.63) is 47.5 Å². The minimum atomic E-state index is -0.639. The Bertz CT molecular complexity index is 948. The molecule has 0 radical (unpaired) electrons. The number of hydrogen-bond acceptors (Lipinski definition) is 5. The van der Waals surface area contributed by atoms with Crippen molar-refractivity contribution in [2.75, 3.05) is 36.0 Å². The van der Waals surface area contributed by atoms with Gasteiger partial charge in [-0.25, -0.2) is 13.8 Å². The molecule has 6 nitrogen and oxygen atoms in total. The van der Waals surface area contributed by atoms with E-state index in [-0.39, 0.29) is 29.7 Å². The number of ether oxygens (including phenoxy) is 1. The lowest BCUT2D eigenvalue weighted by Gasteiger charge is -2.29. The highest BCUT2D eigenvalue weighted by Gasteiger charge is 2.29. The molecule has 2 fully saturated rings. The molecule has 2 aliphatic heterocycles. The van der Waals surface area contributed by atoms with Crippen LogP contribution in [-0.2, 0) is 4.79 Å². The summed E-state index contributed by atoms with van der Waals surface area (Å²) in [7, 11) is 0. The number of carbonyl (C=O) groups excluding carboxylic acids is 1. The van der Waals surface area contributed by atoms with E-state index in [1.165, 1.54) is 6.92 Å². The van der Waals surface area contributed by atoms with Crippen molar-refractivity contribution in [2.45, 2.75) is 51.7 Å². The van der Waals surface area contributed by atoms with Gasteiger partial charge < -0.3 is 19.9 Å². The largest absolute Gasteiger partial charge is 0.489 e. The molecule has 0 saturated carbocycles. The summed E-state index contributed by atoms with van der Waals surface area (Å²) in [6.45, 7) is 5.99. The van der Waals surface area contributed by atoms with Crippen LogP contribution in [0.5, 0.6) is 5.75 Å². The molecule has 32 heavy (non-hydrogen) atoms. The molecular weight excluding hydrogens is 414 g/mol. The molecule has 0 bridgehead atoms. The Labute approximate surface area is 187 Å². The summed E-state index contributed by atoms with van der Waals surface area (Å²) < 4.78 is 35.1. The molecule has 4 rings (SSSR count). The number of pyridine rings is 1. The van der Waals surface area contributed by atoms with Crippen LogP contribution in [0.4, 0.5) is 20.4 Å². The van der Waals surface area contributed by atoms with Crippen LogP contribution >= 0.6 is 0 Å². The van der Waals surface area contributed by atoms with Crippen LogP contribution in [0.3, 0.4) is 0 Å². The van der Waals surface area contributed by atoms with E-state index in [0.717, 1.165) is 56.2 Å². The number of hydrogen-bond donors (Lipinski definition) is 1. The molecule has 2 aromatic rings. The van der Waals surface area contributed by atoms with E-state index in [1.54, 1.807) is 0 Å². The number of benzene rings is 1. The van der Waals surface area contributed by atoms with E-state index in [4.69, 9.17) is 4.74 Å². The molecular formula is C24H30F2N4O2. The number of nitrogens with one attached hydrogen (secondary N) is 1. The monoisotopic (exact) mass is 444 g/mol. The Morgan fingerprint density at radius 3 is 2.38 bits per heavy atom. The Morgan fingerprint density at radius 1 is 1.06 bits per heavy atom.